The molecule has 0 aliphatic carbocycles. The molecule has 2 heterocycles. The zero-order valence-corrected chi connectivity index (χ0v) is 12.5. The molecule has 0 saturated carbocycles. The van der Waals surface area contributed by atoms with Crippen LogP contribution in [-0.4, -0.2) is 20.6 Å². The van der Waals surface area contributed by atoms with Crippen molar-refractivity contribution in [1.82, 2.24) is 20.6 Å². The Balaban J connectivity index is 1.96. The van der Waals surface area contributed by atoms with Gasteiger partial charge in [-0.05, 0) is 41.5 Å². The molecule has 2 aromatic heterocycles. The average molecular weight is 306 g/mol. The van der Waals surface area contributed by atoms with Crippen molar-refractivity contribution in [2.45, 2.75) is 19.8 Å². The minimum atomic E-state index is -0.0149. The summed E-state index contributed by atoms with van der Waals surface area (Å²) < 4.78 is 5.91. The fraction of sp³-hybridized carbons (Fsp3) is 0.176. The molecule has 0 amide bonds. The third-order valence-electron chi connectivity index (χ3n) is 3.88. The number of H-pyrrole nitrogens is 1. The van der Waals surface area contributed by atoms with E-state index in [0.717, 1.165) is 24.0 Å². The first kappa shape index (κ1) is 13.6. The summed E-state index contributed by atoms with van der Waals surface area (Å²) >= 11 is 0. The zero-order valence-electron chi connectivity index (χ0n) is 12.5. The van der Waals surface area contributed by atoms with Crippen LogP contribution in [0.15, 0.2) is 45.6 Å². The van der Waals surface area contributed by atoms with Gasteiger partial charge in [-0.2, -0.15) is 5.21 Å². The van der Waals surface area contributed by atoms with Crippen LogP contribution < -0.4 is 5.43 Å². The number of aryl methyl sites for hydroxylation is 1. The van der Waals surface area contributed by atoms with Crippen LogP contribution in [0.3, 0.4) is 0 Å². The molecule has 0 unspecified atom stereocenters. The SMILES string of the molecule is CCCc1ccc2oc3cc(-c4nn[nH]n4)ccc3c(=O)c2c1. The molecule has 0 fully saturated rings. The predicted octanol–water partition coefficient (Wildman–Crippen LogP) is 3.08. The number of hydrogen-bond acceptors (Lipinski definition) is 5. The summed E-state index contributed by atoms with van der Waals surface area (Å²) in [5.41, 5.74) is 2.99. The van der Waals surface area contributed by atoms with Crippen molar-refractivity contribution >= 4 is 21.9 Å². The topological polar surface area (TPSA) is 84.7 Å². The zero-order chi connectivity index (χ0) is 15.8. The fourth-order valence-electron chi connectivity index (χ4n) is 2.77. The van der Waals surface area contributed by atoms with Crippen molar-refractivity contribution in [3.63, 3.8) is 0 Å². The molecule has 0 atom stereocenters. The first-order valence-corrected chi connectivity index (χ1v) is 7.49. The minimum Gasteiger partial charge on any atom is -0.456 e. The number of nitrogens with one attached hydrogen (secondary N) is 1. The Hall–Kier alpha value is -3.02. The van der Waals surface area contributed by atoms with Crippen LogP contribution in [0.1, 0.15) is 18.9 Å². The maximum atomic E-state index is 12.7. The van der Waals surface area contributed by atoms with Crippen molar-refractivity contribution in [1.29, 1.82) is 0 Å². The number of tetrazole rings is 1. The Morgan fingerprint density at radius 2 is 2.00 bits per heavy atom. The van der Waals surface area contributed by atoms with Gasteiger partial charge in [0.25, 0.3) is 0 Å². The number of hydrogen-bond donors (Lipinski definition) is 1. The molecule has 2 aromatic carbocycles. The molecule has 6 nitrogen and oxygen atoms in total. The molecule has 0 radical (unpaired) electrons. The highest BCUT2D eigenvalue weighted by atomic mass is 16.3. The van der Waals surface area contributed by atoms with Crippen LogP contribution >= 0.6 is 0 Å². The van der Waals surface area contributed by atoms with Crippen LogP contribution in [0.25, 0.3) is 33.3 Å². The van der Waals surface area contributed by atoms with Crippen LogP contribution in [0.4, 0.5) is 0 Å². The highest BCUT2D eigenvalue weighted by Crippen LogP contribution is 2.24. The normalized spacial score (nSPS) is 11.3. The van der Waals surface area contributed by atoms with Gasteiger partial charge >= 0.3 is 0 Å². The van der Waals surface area contributed by atoms with E-state index in [2.05, 4.69) is 27.5 Å². The monoisotopic (exact) mass is 306 g/mol. The number of benzene rings is 2. The maximum Gasteiger partial charge on any atom is 0.204 e. The molecule has 0 saturated heterocycles. The summed E-state index contributed by atoms with van der Waals surface area (Å²) in [6.07, 6.45) is 1.99. The molecule has 1 N–H and O–H groups in total. The Kier molecular flexibility index (Phi) is 3.15. The highest BCUT2D eigenvalue weighted by Gasteiger charge is 2.11. The molecular formula is C17H14N4O2. The van der Waals surface area contributed by atoms with Gasteiger partial charge < -0.3 is 4.42 Å². The van der Waals surface area contributed by atoms with Gasteiger partial charge in [0.2, 0.25) is 11.3 Å². The van der Waals surface area contributed by atoms with Crippen LogP contribution in [0, 0.1) is 0 Å². The molecule has 0 aliphatic rings. The largest absolute Gasteiger partial charge is 0.456 e. The smallest absolute Gasteiger partial charge is 0.204 e. The summed E-state index contributed by atoms with van der Waals surface area (Å²) in [6, 6.07) is 11.1. The van der Waals surface area contributed by atoms with Crippen molar-refractivity contribution in [2.75, 3.05) is 0 Å². The van der Waals surface area contributed by atoms with E-state index in [4.69, 9.17) is 4.42 Å². The van der Waals surface area contributed by atoms with Crippen molar-refractivity contribution in [3.8, 4) is 11.4 Å². The third kappa shape index (κ3) is 2.28. The quantitative estimate of drug-likeness (QED) is 0.588. The highest BCUT2D eigenvalue weighted by molar-refractivity contribution is 5.91. The first-order chi connectivity index (χ1) is 11.3. The number of fused-ring (bicyclic) bond motifs is 2. The summed E-state index contributed by atoms with van der Waals surface area (Å²) in [6.45, 7) is 2.12. The number of aromatic amines is 1. The van der Waals surface area contributed by atoms with Gasteiger partial charge in [-0.15, -0.1) is 10.2 Å². The van der Waals surface area contributed by atoms with E-state index >= 15 is 0 Å². The van der Waals surface area contributed by atoms with Gasteiger partial charge in [-0.25, -0.2) is 0 Å². The molecule has 4 rings (SSSR count). The van der Waals surface area contributed by atoms with E-state index in [0.29, 0.717) is 27.8 Å². The molecule has 0 aliphatic heterocycles. The van der Waals surface area contributed by atoms with Crippen molar-refractivity contribution < 1.29 is 4.42 Å². The van der Waals surface area contributed by atoms with Gasteiger partial charge in [0.15, 0.2) is 0 Å². The van der Waals surface area contributed by atoms with E-state index in [-0.39, 0.29) is 5.43 Å². The van der Waals surface area contributed by atoms with Gasteiger partial charge in [0.05, 0.1) is 10.8 Å². The maximum absolute atomic E-state index is 12.7. The second-order valence-electron chi connectivity index (χ2n) is 5.46. The minimum absolute atomic E-state index is 0.0149. The third-order valence-corrected chi connectivity index (χ3v) is 3.88. The van der Waals surface area contributed by atoms with E-state index in [1.165, 1.54) is 0 Å². The van der Waals surface area contributed by atoms with Gasteiger partial charge in [-0.3, -0.25) is 4.79 Å². The summed E-state index contributed by atoms with van der Waals surface area (Å²) in [5, 5.41) is 15.0. The van der Waals surface area contributed by atoms with Gasteiger partial charge in [0.1, 0.15) is 11.2 Å². The molecular weight excluding hydrogens is 292 g/mol. The van der Waals surface area contributed by atoms with Crippen LogP contribution in [0.5, 0.6) is 0 Å². The van der Waals surface area contributed by atoms with Gasteiger partial charge in [-0.1, -0.05) is 25.5 Å². The van der Waals surface area contributed by atoms with E-state index in [1.54, 1.807) is 18.2 Å². The van der Waals surface area contributed by atoms with Crippen molar-refractivity contribution in [2.24, 2.45) is 0 Å². The molecule has 0 bridgehead atoms. The van der Waals surface area contributed by atoms with Crippen LogP contribution in [-0.2, 0) is 6.42 Å². The molecule has 6 heteroatoms. The second kappa shape index (κ2) is 5.31. The van der Waals surface area contributed by atoms with Crippen molar-refractivity contribution in [3.05, 3.63) is 52.2 Å². The number of nitrogens with zero attached hydrogens (tertiary/aromatic N) is 3. The van der Waals surface area contributed by atoms with Crippen LogP contribution in [0.2, 0.25) is 0 Å². The Bertz CT molecular complexity index is 1050. The molecule has 114 valence electrons. The lowest BCUT2D eigenvalue weighted by molar-refractivity contribution is 0.659. The lowest BCUT2D eigenvalue weighted by Gasteiger charge is -2.05. The lowest BCUT2D eigenvalue weighted by Crippen LogP contribution is -2.03. The molecule has 0 spiro atoms. The predicted molar refractivity (Wildman–Crippen MR) is 87.2 cm³/mol. The average Bonchev–Trinajstić information content (AvgIpc) is 3.10. The van der Waals surface area contributed by atoms with Gasteiger partial charge in [0, 0.05) is 5.56 Å². The summed E-state index contributed by atoms with van der Waals surface area (Å²) in [7, 11) is 0. The fourth-order valence-corrected chi connectivity index (χ4v) is 2.77. The number of aromatic nitrogens is 4. The standard InChI is InChI=1S/C17H14N4O2/c1-2-3-10-4-7-14-13(8-10)16(22)12-6-5-11(9-15(12)23-14)17-18-20-21-19-17/h4-9H,2-3H2,1H3,(H,18,19,20,21). The summed E-state index contributed by atoms with van der Waals surface area (Å²) in [5.74, 6) is 0.466. The van der Waals surface area contributed by atoms with E-state index in [9.17, 15) is 4.79 Å². The Morgan fingerprint density at radius 3 is 2.78 bits per heavy atom. The Morgan fingerprint density at radius 1 is 1.09 bits per heavy atom. The second-order valence-corrected chi connectivity index (χ2v) is 5.46. The van der Waals surface area contributed by atoms with E-state index < -0.39 is 0 Å². The number of rotatable bonds is 3. The lowest BCUT2D eigenvalue weighted by atomic mass is 10.1. The summed E-state index contributed by atoms with van der Waals surface area (Å²) in [4.78, 5) is 12.7. The molecule has 23 heavy (non-hydrogen) atoms. The van der Waals surface area contributed by atoms with E-state index in [1.807, 2.05) is 18.2 Å². The Labute approximate surface area is 131 Å². The first-order valence-electron chi connectivity index (χ1n) is 7.49. The molecule has 4 aromatic rings.